The molecule has 0 saturated carbocycles. The van der Waals surface area contributed by atoms with Crippen LogP contribution < -0.4 is 4.74 Å². The number of ether oxygens (including phenoxy) is 2. The second-order valence-corrected chi connectivity index (χ2v) is 10.5. The Morgan fingerprint density at radius 2 is 1.37 bits per heavy atom. The van der Waals surface area contributed by atoms with E-state index >= 15 is 0 Å². The van der Waals surface area contributed by atoms with Crippen LogP contribution in [-0.2, 0) is 29.8 Å². The molecule has 3 aromatic carbocycles. The number of halogens is 9. The summed E-state index contributed by atoms with van der Waals surface area (Å²) in [6.45, 7) is 4.67. The van der Waals surface area contributed by atoms with E-state index in [1.807, 2.05) is 13.8 Å². The third-order valence-electron chi connectivity index (χ3n) is 7.28. The topological polar surface area (TPSA) is 38.8 Å². The van der Waals surface area contributed by atoms with Crippen molar-refractivity contribution in [2.24, 2.45) is 0 Å². The van der Waals surface area contributed by atoms with E-state index in [1.165, 1.54) is 20.1 Å². The quantitative estimate of drug-likeness (QED) is 0.258. The molecule has 0 N–H and O–H groups in total. The average molecular weight is 620 g/mol. The summed E-state index contributed by atoms with van der Waals surface area (Å²) in [4.78, 5) is 13.9. The highest BCUT2D eigenvalue weighted by Crippen LogP contribution is 2.43. The molecule has 43 heavy (non-hydrogen) atoms. The molecule has 1 saturated heterocycles. The van der Waals surface area contributed by atoms with Gasteiger partial charge in [-0.25, -0.2) is 4.79 Å². The predicted octanol–water partition coefficient (Wildman–Crippen LogP) is 9.62. The molecular formula is C30H26F9NO3. The number of cyclic esters (lactones) is 1. The minimum absolute atomic E-state index is 0.0125. The molecule has 13 heteroatoms. The molecule has 0 spiro atoms. The predicted molar refractivity (Wildman–Crippen MR) is 138 cm³/mol. The Balaban J connectivity index is 1.80. The van der Waals surface area contributed by atoms with Gasteiger partial charge in [0.2, 0.25) is 0 Å². The van der Waals surface area contributed by atoms with Gasteiger partial charge in [-0.2, -0.15) is 39.5 Å². The van der Waals surface area contributed by atoms with Crippen LogP contribution in [-0.4, -0.2) is 24.1 Å². The number of benzene rings is 3. The number of alkyl halides is 9. The van der Waals surface area contributed by atoms with Crippen molar-refractivity contribution in [1.82, 2.24) is 4.90 Å². The SMILES string of the molecule is COc1ccc(C(C)C)cc1-c1ccc(C(F)(F)F)cc1CN1C(=O)O[C@@H](c2cc(C(F)(F)F)cc(C(F)(F)F)c2)[C@H]1C. The molecule has 0 aromatic heterocycles. The fourth-order valence-electron chi connectivity index (χ4n) is 4.95. The number of methoxy groups -OCH3 is 1. The second kappa shape index (κ2) is 11.3. The lowest BCUT2D eigenvalue weighted by atomic mass is 9.92. The molecule has 1 amide bonds. The fourth-order valence-corrected chi connectivity index (χ4v) is 4.95. The Kier molecular flexibility index (Phi) is 8.42. The van der Waals surface area contributed by atoms with Crippen molar-refractivity contribution >= 4 is 6.09 Å². The lowest BCUT2D eigenvalue weighted by Crippen LogP contribution is -2.32. The first-order chi connectivity index (χ1) is 19.8. The van der Waals surface area contributed by atoms with Crippen LogP contribution in [0, 0.1) is 0 Å². The first-order valence-corrected chi connectivity index (χ1v) is 13.0. The van der Waals surface area contributed by atoms with Gasteiger partial charge in [0, 0.05) is 5.56 Å². The number of hydrogen-bond acceptors (Lipinski definition) is 3. The summed E-state index contributed by atoms with van der Waals surface area (Å²) in [5.41, 5.74) is -3.17. The van der Waals surface area contributed by atoms with Crippen LogP contribution in [0.5, 0.6) is 5.75 Å². The summed E-state index contributed by atoms with van der Waals surface area (Å²) in [6, 6.07) is 7.87. The number of rotatable bonds is 6. The Morgan fingerprint density at radius 1 is 0.791 bits per heavy atom. The van der Waals surface area contributed by atoms with E-state index in [-0.39, 0.29) is 23.1 Å². The standard InChI is InChI=1S/C30H26F9NO3/c1-15(2)17-5-8-25(42-4)24(12-17)23-7-6-20(28(31,32)33)11-19(23)14-40-16(3)26(43-27(40)41)18-9-21(29(34,35)36)13-22(10-18)30(37,38)39/h5-13,15-16,26H,14H2,1-4H3/t16-,26-/m1/s1. The van der Waals surface area contributed by atoms with Crippen molar-refractivity contribution in [1.29, 1.82) is 0 Å². The maximum absolute atomic E-state index is 13.7. The van der Waals surface area contributed by atoms with Gasteiger partial charge in [-0.3, -0.25) is 4.90 Å². The molecule has 0 bridgehead atoms. The van der Waals surface area contributed by atoms with E-state index in [0.29, 0.717) is 23.4 Å². The Labute approximate surface area is 241 Å². The Hall–Kier alpha value is -3.90. The largest absolute Gasteiger partial charge is 0.496 e. The minimum Gasteiger partial charge on any atom is -0.496 e. The smallest absolute Gasteiger partial charge is 0.416 e. The number of amides is 1. The molecule has 2 atom stereocenters. The molecular weight excluding hydrogens is 593 g/mol. The van der Waals surface area contributed by atoms with Gasteiger partial charge < -0.3 is 9.47 Å². The number of carbonyl (C=O) groups is 1. The minimum atomic E-state index is -5.13. The maximum atomic E-state index is 13.7. The third-order valence-corrected chi connectivity index (χ3v) is 7.28. The Bertz CT molecular complexity index is 1480. The summed E-state index contributed by atoms with van der Waals surface area (Å²) in [5, 5.41) is 0. The summed E-state index contributed by atoms with van der Waals surface area (Å²) in [7, 11) is 1.38. The van der Waals surface area contributed by atoms with Gasteiger partial charge in [-0.05, 0) is 77.6 Å². The van der Waals surface area contributed by atoms with Crippen LogP contribution in [0.1, 0.15) is 66.2 Å². The van der Waals surface area contributed by atoms with Gasteiger partial charge in [0.25, 0.3) is 0 Å². The molecule has 0 unspecified atom stereocenters. The summed E-state index contributed by atoms with van der Waals surface area (Å²) in [5.74, 6) is 0.384. The second-order valence-electron chi connectivity index (χ2n) is 10.5. The molecule has 232 valence electrons. The highest BCUT2D eigenvalue weighted by Gasteiger charge is 2.43. The van der Waals surface area contributed by atoms with E-state index in [9.17, 15) is 44.3 Å². The summed E-state index contributed by atoms with van der Waals surface area (Å²) < 4.78 is 133. The van der Waals surface area contributed by atoms with Crippen LogP contribution in [0.25, 0.3) is 11.1 Å². The Morgan fingerprint density at radius 3 is 1.88 bits per heavy atom. The molecule has 1 fully saturated rings. The van der Waals surface area contributed by atoms with Crippen LogP contribution in [0.3, 0.4) is 0 Å². The zero-order valence-electron chi connectivity index (χ0n) is 23.2. The van der Waals surface area contributed by atoms with Gasteiger partial charge >= 0.3 is 24.6 Å². The first kappa shape index (κ1) is 32.0. The van der Waals surface area contributed by atoms with E-state index < -0.39 is 65.6 Å². The summed E-state index contributed by atoms with van der Waals surface area (Å²) in [6.07, 6.45) is -17.7. The van der Waals surface area contributed by atoms with E-state index in [1.54, 1.807) is 18.2 Å². The molecule has 4 nitrogen and oxygen atoms in total. The molecule has 3 aromatic rings. The van der Waals surface area contributed by atoms with Crippen LogP contribution in [0.2, 0.25) is 0 Å². The molecule has 0 radical (unpaired) electrons. The highest BCUT2D eigenvalue weighted by molar-refractivity contribution is 5.76. The molecule has 4 rings (SSSR count). The normalized spacial score (nSPS) is 17.9. The summed E-state index contributed by atoms with van der Waals surface area (Å²) >= 11 is 0. The van der Waals surface area contributed by atoms with E-state index in [2.05, 4.69) is 0 Å². The van der Waals surface area contributed by atoms with Crippen molar-refractivity contribution in [3.05, 3.63) is 88.0 Å². The van der Waals surface area contributed by atoms with Crippen molar-refractivity contribution < 1.29 is 53.8 Å². The van der Waals surface area contributed by atoms with Gasteiger partial charge in [-0.1, -0.05) is 26.0 Å². The zero-order valence-corrected chi connectivity index (χ0v) is 23.2. The first-order valence-electron chi connectivity index (χ1n) is 13.0. The lowest BCUT2D eigenvalue weighted by Gasteiger charge is -2.24. The average Bonchev–Trinajstić information content (AvgIpc) is 3.19. The zero-order chi connectivity index (χ0) is 32.1. The molecule has 1 aliphatic heterocycles. The van der Waals surface area contributed by atoms with Crippen LogP contribution in [0.15, 0.2) is 54.6 Å². The lowest BCUT2D eigenvalue weighted by molar-refractivity contribution is -0.143. The number of hydrogen-bond donors (Lipinski definition) is 0. The highest BCUT2D eigenvalue weighted by atomic mass is 19.4. The number of nitrogens with zero attached hydrogens (tertiary/aromatic N) is 1. The number of carbonyl (C=O) groups excluding carboxylic acids is 1. The van der Waals surface area contributed by atoms with Crippen LogP contribution >= 0.6 is 0 Å². The van der Waals surface area contributed by atoms with Crippen molar-refractivity contribution in [3.8, 4) is 16.9 Å². The van der Waals surface area contributed by atoms with Gasteiger partial charge in [0.05, 0.1) is 36.4 Å². The van der Waals surface area contributed by atoms with Crippen LogP contribution in [0.4, 0.5) is 44.3 Å². The molecule has 0 aliphatic carbocycles. The fraction of sp³-hybridized carbons (Fsp3) is 0.367. The van der Waals surface area contributed by atoms with Gasteiger partial charge in [0.15, 0.2) is 0 Å². The van der Waals surface area contributed by atoms with Crippen molar-refractivity contribution in [2.75, 3.05) is 7.11 Å². The monoisotopic (exact) mass is 619 g/mol. The van der Waals surface area contributed by atoms with E-state index in [4.69, 9.17) is 9.47 Å². The van der Waals surface area contributed by atoms with Gasteiger partial charge in [-0.15, -0.1) is 0 Å². The van der Waals surface area contributed by atoms with Gasteiger partial charge in [0.1, 0.15) is 11.9 Å². The van der Waals surface area contributed by atoms with Crippen molar-refractivity contribution in [2.45, 2.75) is 63.9 Å². The third kappa shape index (κ3) is 6.70. The van der Waals surface area contributed by atoms with Crippen molar-refractivity contribution in [3.63, 3.8) is 0 Å². The maximum Gasteiger partial charge on any atom is 0.416 e. The van der Waals surface area contributed by atoms with E-state index in [0.717, 1.165) is 22.6 Å². The molecule has 1 heterocycles. The molecule has 1 aliphatic rings.